The summed E-state index contributed by atoms with van der Waals surface area (Å²) in [6, 6.07) is 13.7. The Morgan fingerprint density at radius 3 is 2.21 bits per heavy atom. The van der Waals surface area contributed by atoms with E-state index in [-0.39, 0.29) is 11.8 Å². The lowest BCUT2D eigenvalue weighted by Gasteiger charge is -2.29. The largest absolute Gasteiger partial charge is 0.354 e. The van der Waals surface area contributed by atoms with Crippen LogP contribution in [0.25, 0.3) is 0 Å². The molecule has 1 N–H and O–H groups in total. The van der Waals surface area contributed by atoms with Crippen molar-refractivity contribution in [1.29, 1.82) is 0 Å². The molecule has 0 fully saturated rings. The van der Waals surface area contributed by atoms with E-state index in [0.29, 0.717) is 19.5 Å². The van der Waals surface area contributed by atoms with Crippen LogP contribution >= 0.6 is 0 Å². The van der Waals surface area contributed by atoms with Gasteiger partial charge in [0.2, 0.25) is 11.8 Å². The van der Waals surface area contributed by atoms with Crippen molar-refractivity contribution < 1.29 is 9.59 Å². The Morgan fingerprint density at radius 1 is 0.964 bits per heavy atom. The van der Waals surface area contributed by atoms with E-state index in [1.165, 1.54) is 16.7 Å². The first-order valence-electron chi connectivity index (χ1n) is 10.0. The molecule has 0 aromatic heterocycles. The van der Waals surface area contributed by atoms with Crippen molar-refractivity contribution in [2.75, 3.05) is 6.54 Å². The van der Waals surface area contributed by atoms with Crippen molar-refractivity contribution in [3.8, 4) is 0 Å². The van der Waals surface area contributed by atoms with Crippen molar-refractivity contribution >= 4 is 11.8 Å². The van der Waals surface area contributed by atoms with E-state index in [2.05, 4.69) is 18.3 Å². The van der Waals surface area contributed by atoms with Crippen molar-refractivity contribution in [2.24, 2.45) is 0 Å². The minimum absolute atomic E-state index is 0.0389. The second-order valence-corrected chi connectivity index (χ2v) is 7.57. The summed E-state index contributed by atoms with van der Waals surface area (Å²) in [6.07, 6.45) is 1.16. The van der Waals surface area contributed by atoms with Crippen molar-refractivity contribution in [3.05, 3.63) is 70.3 Å². The molecule has 4 heteroatoms. The average Bonchev–Trinajstić information content (AvgIpc) is 2.67. The lowest BCUT2D eigenvalue weighted by Crippen LogP contribution is -2.48. The van der Waals surface area contributed by atoms with Gasteiger partial charge in [0.25, 0.3) is 0 Å². The highest BCUT2D eigenvalue weighted by Gasteiger charge is 2.26. The van der Waals surface area contributed by atoms with Gasteiger partial charge in [-0.05, 0) is 56.4 Å². The second kappa shape index (κ2) is 10.1. The molecule has 0 heterocycles. The number of carbonyl (C=O) groups is 2. The molecule has 1 atom stereocenters. The summed E-state index contributed by atoms with van der Waals surface area (Å²) in [5.74, 6) is -0.148. The standard InChI is InChI=1S/C24H32N2O2/c1-6-13-25-24(28)20(5)26(16-21-10-7-17(2)8-11-21)23(27)15-22-12-9-18(3)19(4)14-22/h7-12,14,20H,6,13,15-16H2,1-5H3,(H,25,28)/t20-/m1/s1. The van der Waals surface area contributed by atoms with Crippen LogP contribution in [-0.2, 0) is 22.6 Å². The van der Waals surface area contributed by atoms with E-state index >= 15 is 0 Å². The summed E-state index contributed by atoms with van der Waals surface area (Å²) in [7, 11) is 0. The molecule has 0 unspecified atom stereocenters. The minimum Gasteiger partial charge on any atom is -0.354 e. The highest BCUT2D eigenvalue weighted by Crippen LogP contribution is 2.15. The van der Waals surface area contributed by atoms with Gasteiger partial charge >= 0.3 is 0 Å². The summed E-state index contributed by atoms with van der Waals surface area (Å²) in [5.41, 5.74) is 5.55. The molecule has 2 aromatic rings. The molecule has 2 aromatic carbocycles. The van der Waals surface area contributed by atoms with Gasteiger partial charge < -0.3 is 10.2 Å². The van der Waals surface area contributed by atoms with E-state index in [1.807, 2.05) is 57.2 Å². The predicted octanol–water partition coefficient (Wildman–Crippen LogP) is 4.10. The number of benzene rings is 2. The Hall–Kier alpha value is -2.62. The molecule has 0 aliphatic rings. The number of carbonyl (C=O) groups excluding carboxylic acids is 2. The molecule has 0 bridgehead atoms. The molecule has 0 spiro atoms. The quantitative estimate of drug-likeness (QED) is 0.750. The Morgan fingerprint density at radius 2 is 1.61 bits per heavy atom. The Balaban J connectivity index is 2.21. The van der Waals surface area contributed by atoms with Crippen LogP contribution in [0.1, 0.15) is 48.1 Å². The number of nitrogens with zero attached hydrogens (tertiary/aromatic N) is 1. The molecule has 0 aliphatic heterocycles. The van der Waals surface area contributed by atoms with Gasteiger partial charge in [-0.15, -0.1) is 0 Å². The zero-order valence-corrected chi connectivity index (χ0v) is 17.7. The number of hydrogen-bond donors (Lipinski definition) is 1. The van der Waals surface area contributed by atoms with Gasteiger partial charge in [0.1, 0.15) is 6.04 Å². The summed E-state index contributed by atoms with van der Waals surface area (Å²) >= 11 is 0. The Bertz CT molecular complexity index is 812. The lowest BCUT2D eigenvalue weighted by atomic mass is 10.0. The Labute approximate surface area is 169 Å². The van der Waals surface area contributed by atoms with Gasteiger partial charge in [-0.2, -0.15) is 0 Å². The average molecular weight is 381 g/mol. The smallest absolute Gasteiger partial charge is 0.242 e. The maximum Gasteiger partial charge on any atom is 0.242 e. The van der Waals surface area contributed by atoms with Crippen LogP contribution in [0.2, 0.25) is 0 Å². The van der Waals surface area contributed by atoms with Crippen LogP contribution in [0.3, 0.4) is 0 Å². The molecule has 28 heavy (non-hydrogen) atoms. The highest BCUT2D eigenvalue weighted by atomic mass is 16.2. The second-order valence-electron chi connectivity index (χ2n) is 7.57. The molecule has 0 saturated heterocycles. The van der Waals surface area contributed by atoms with Crippen molar-refractivity contribution in [2.45, 2.75) is 60.0 Å². The van der Waals surface area contributed by atoms with Crippen LogP contribution < -0.4 is 5.32 Å². The first kappa shape index (κ1) is 21.7. The molecule has 0 saturated carbocycles. The van der Waals surface area contributed by atoms with Gasteiger partial charge in [-0.1, -0.05) is 55.0 Å². The first-order chi connectivity index (χ1) is 13.3. The molecular formula is C24H32N2O2. The van der Waals surface area contributed by atoms with Gasteiger partial charge in [0.15, 0.2) is 0 Å². The van der Waals surface area contributed by atoms with Crippen LogP contribution in [0.4, 0.5) is 0 Å². The summed E-state index contributed by atoms with van der Waals surface area (Å²) in [5, 5.41) is 2.91. The predicted molar refractivity (Wildman–Crippen MR) is 114 cm³/mol. The van der Waals surface area contributed by atoms with Gasteiger partial charge in [-0.25, -0.2) is 0 Å². The van der Waals surface area contributed by atoms with Crippen LogP contribution in [0.5, 0.6) is 0 Å². The van der Waals surface area contributed by atoms with E-state index in [4.69, 9.17) is 0 Å². The van der Waals surface area contributed by atoms with Gasteiger partial charge in [-0.3, -0.25) is 9.59 Å². The normalized spacial score (nSPS) is 11.8. The lowest BCUT2D eigenvalue weighted by molar-refractivity contribution is -0.140. The zero-order chi connectivity index (χ0) is 20.7. The zero-order valence-electron chi connectivity index (χ0n) is 17.7. The van der Waals surface area contributed by atoms with Crippen molar-refractivity contribution in [1.82, 2.24) is 10.2 Å². The van der Waals surface area contributed by atoms with Crippen molar-refractivity contribution in [3.63, 3.8) is 0 Å². The number of hydrogen-bond acceptors (Lipinski definition) is 2. The molecule has 0 aliphatic carbocycles. The van der Waals surface area contributed by atoms with Crippen LogP contribution in [-0.4, -0.2) is 29.3 Å². The van der Waals surface area contributed by atoms with Crippen LogP contribution in [0.15, 0.2) is 42.5 Å². The third kappa shape index (κ3) is 5.95. The number of aryl methyl sites for hydroxylation is 3. The molecular weight excluding hydrogens is 348 g/mol. The van der Waals surface area contributed by atoms with Gasteiger partial charge in [0.05, 0.1) is 6.42 Å². The molecule has 2 amide bonds. The third-order valence-corrected chi connectivity index (χ3v) is 5.12. The Kier molecular flexibility index (Phi) is 7.80. The maximum absolute atomic E-state index is 13.1. The van der Waals surface area contributed by atoms with E-state index in [0.717, 1.165) is 17.5 Å². The van der Waals surface area contributed by atoms with E-state index in [9.17, 15) is 9.59 Å². The third-order valence-electron chi connectivity index (χ3n) is 5.12. The number of rotatable bonds is 8. The molecule has 2 rings (SSSR count). The topological polar surface area (TPSA) is 49.4 Å². The molecule has 0 radical (unpaired) electrons. The highest BCUT2D eigenvalue weighted by molar-refractivity contribution is 5.88. The molecule has 4 nitrogen and oxygen atoms in total. The minimum atomic E-state index is -0.521. The molecule has 150 valence electrons. The van der Waals surface area contributed by atoms with E-state index < -0.39 is 6.04 Å². The first-order valence-corrected chi connectivity index (χ1v) is 10.0. The number of nitrogens with one attached hydrogen (secondary N) is 1. The fourth-order valence-corrected chi connectivity index (χ4v) is 3.06. The maximum atomic E-state index is 13.1. The fraction of sp³-hybridized carbons (Fsp3) is 0.417. The summed E-state index contributed by atoms with van der Waals surface area (Å²) in [6.45, 7) is 11.0. The van der Waals surface area contributed by atoms with Gasteiger partial charge in [0, 0.05) is 13.1 Å². The number of amides is 2. The SMILES string of the molecule is CCCNC(=O)[C@@H](C)N(Cc1ccc(C)cc1)C(=O)Cc1ccc(C)c(C)c1. The summed E-state index contributed by atoms with van der Waals surface area (Å²) < 4.78 is 0. The van der Waals surface area contributed by atoms with E-state index in [1.54, 1.807) is 11.8 Å². The fourth-order valence-electron chi connectivity index (χ4n) is 3.06. The monoisotopic (exact) mass is 380 g/mol. The van der Waals surface area contributed by atoms with Crippen LogP contribution in [0, 0.1) is 20.8 Å². The summed E-state index contributed by atoms with van der Waals surface area (Å²) in [4.78, 5) is 27.4.